The second-order valence-corrected chi connectivity index (χ2v) is 4.71. The molecule has 0 radical (unpaired) electrons. The molecule has 0 amide bonds. The third-order valence-corrected chi connectivity index (χ3v) is 3.39. The number of aromatic nitrogens is 2. The standard InChI is InChI=1S/C12H21ClN2/c1-4-10(3)15-9-8-12(14-15)7-6-11(13)5-2/h8-11H,4-7H2,1-3H3. The molecular formula is C12H21ClN2. The molecule has 0 aliphatic rings. The maximum atomic E-state index is 6.08. The molecule has 0 saturated carbocycles. The van der Waals surface area contributed by atoms with E-state index in [2.05, 4.69) is 38.1 Å². The highest BCUT2D eigenvalue weighted by atomic mass is 35.5. The first-order valence-corrected chi connectivity index (χ1v) is 6.29. The molecule has 0 fully saturated rings. The predicted molar refractivity (Wildman–Crippen MR) is 65.5 cm³/mol. The van der Waals surface area contributed by atoms with Crippen LogP contribution in [0.5, 0.6) is 0 Å². The van der Waals surface area contributed by atoms with Gasteiger partial charge in [0.25, 0.3) is 0 Å². The van der Waals surface area contributed by atoms with Gasteiger partial charge < -0.3 is 0 Å². The molecule has 1 rings (SSSR count). The molecule has 2 atom stereocenters. The fourth-order valence-electron chi connectivity index (χ4n) is 1.45. The lowest BCUT2D eigenvalue weighted by molar-refractivity contribution is 0.473. The van der Waals surface area contributed by atoms with Crippen molar-refractivity contribution in [1.29, 1.82) is 0 Å². The minimum atomic E-state index is 0.291. The molecule has 0 aromatic carbocycles. The lowest BCUT2D eigenvalue weighted by atomic mass is 10.1. The van der Waals surface area contributed by atoms with Gasteiger partial charge in [0.2, 0.25) is 0 Å². The van der Waals surface area contributed by atoms with E-state index in [1.165, 1.54) is 0 Å². The first kappa shape index (κ1) is 12.6. The van der Waals surface area contributed by atoms with E-state index >= 15 is 0 Å². The summed E-state index contributed by atoms with van der Waals surface area (Å²) in [6, 6.07) is 2.60. The van der Waals surface area contributed by atoms with Crippen LogP contribution in [0.15, 0.2) is 12.3 Å². The number of hydrogen-bond donors (Lipinski definition) is 0. The number of hydrogen-bond acceptors (Lipinski definition) is 1. The maximum absolute atomic E-state index is 6.08. The first-order chi connectivity index (χ1) is 7.17. The van der Waals surface area contributed by atoms with Crippen LogP contribution in [-0.4, -0.2) is 15.2 Å². The molecule has 0 spiro atoms. The average molecular weight is 229 g/mol. The third kappa shape index (κ3) is 3.86. The minimum Gasteiger partial charge on any atom is -0.270 e. The maximum Gasteiger partial charge on any atom is 0.0625 e. The second-order valence-electron chi connectivity index (χ2n) is 4.09. The topological polar surface area (TPSA) is 17.8 Å². The molecule has 0 bridgehead atoms. The van der Waals surface area contributed by atoms with E-state index in [4.69, 9.17) is 11.6 Å². The molecule has 1 aromatic heterocycles. The molecule has 3 heteroatoms. The Balaban J connectivity index is 2.46. The van der Waals surface area contributed by atoms with Crippen molar-refractivity contribution in [3.8, 4) is 0 Å². The average Bonchev–Trinajstić information content (AvgIpc) is 2.73. The summed E-state index contributed by atoms with van der Waals surface area (Å²) >= 11 is 6.08. The minimum absolute atomic E-state index is 0.291. The second kappa shape index (κ2) is 6.16. The number of nitrogens with zero attached hydrogens (tertiary/aromatic N) is 2. The summed E-state index contributed by atoms with van der Waals surface area (Å²) in [4.78, 5) is 0. The molecule has 86 valence electrons. The van der Waals surface area contributed by atoms with E-state index < -0.39 is 0 Å². The summed E-state index contributed by atoms with van der Waals surface area (Å²) in [5.41, 5.74) is 1.16. The number of aryl methyl sites for hydroxylation is 1. The highest BCUT2D eigenvalue weighted by Crippen LogP contribution is 2.13. The molecule has 1 aromatic rings. The van der Waals surface area contributed by atoms with Crippen LogP contribution >= 0.6 is 11.6 Å². The van der Waals surface area contributed by atoms with E-state index in [-0.39, 0.29) is 0 Å². The van der Waals surface area contributed by atoms with Gasteiger partial charge in [0.1, 0.15) is 0 Å². The molecule has 0 saturated heterocycles. The Kier molecular flexibility index (Phi) is 5.16. The van der Waals surface area contributed by atoms with Crippen molar-refractivity contribution in [2.75, 3.05) is 0 Å². The quantitative estimate of drug-likeness (QED) is 0.678. The zero-order valence-corrected chi connectivity index (χ0v) is 10.7. The lowest BCUT2D eigenvalue weighted by Crippen LogP contribution is -2.05. The number of rotatable bonds is 6. The Morgan fingerprint density at radius 3 is 2.73 bits per heavy atom. The van der Waals surface area contributed by atoms with Gasteiger partial charge in [-0.25, -0.2) is 0 Å². The fourth-order valence-corrected chi connectivity index (χ4v) is 1.56. The highest BCUT2D eigenvalue weighted by Gasteiger charge is 2.06. The lowest BCUT2D eigenvalue weighted by Gasteiger charge is -2.08. The number of alkyl halides is 1. The predicted octanol–water partition coefficient (Wildman–Crippen LogP) is 3.80. The van der Waals surface area contributed by atoms with E-state index in [1.54, 1.807) is 0 Å². The summed E-state index contributed by atoms with van der Waals surface area (Å²) in [6.45, 7) is 6.49. The van der Waals surface area contributed by atoms with Gasteiger partial charge in [-0.1, -0.05) is 13.8 Å². The van der Waals surface area contributed by atoms with Crippen molar-refractivity contribution < 1.29 is 0 Å². The molecular weight excluding hydrogens is 208 g/mol. The van der Waals surface area contributed by atoms with Crippen LogP contribution in [0.3, 0.4) is 0 Å². The molecule has 0 N–H and O–H groups in total. The number of halogens is 1. The van der Waals surface area contributed by atoms with Gasteiger partial charge >= 0.3 is 0 Å². The van der Waals surface area contributed by atoms with E-state index in [9.17, 15) is 0 Å². The van der Waals surface area contributed by atoms with Gasteiger partial charge in [-0.05, 0) is 38.7 Å². The summed E-state index contributed by atoms with van der Waals surface area (Å²) in [6.07, 6.45) is 6.24. The molecule has 0 aliphatic carbocycles. The van der Waals surface area contributed by atoms with Gasteiger partial charge in [0, 0.05) is 17.6 Å². The monoisotopic (exact) mass is 228 g/mol. The van der Waals surface area contributed by atoms with Gasteiger partial charge in [0.15, 0.2) is 0 Å². The van der Waals surface area contributed by atoms with Crippen molar-refractivity contribution >= 4 is 11.6 Å². The normalized spacial score (nSPS) is 15.2. The Morgan fingerprint density at radius 2 is 2.13 bits per heavy atom. The summed E-state index contributed by atoms with van der Waals surface area (Å²) in [5, 5.41) is 4.84. The van der Waals surface area contributed by atoms with Crippen LogP contribution < -0.4 is 0 Å². The Hall–Kier alpha value is -0.500. The van der Waals surface area contributed by atoms with Crippen molar-refractivity contribution in [1.82, 2.24) is 9.78 Å². The summed E-state index contributed by atoms with van der Waals surface area (Å²) in [5.74, 6) is 0. The van der Waals surface area contributed by atoms with E-state index in [0.717, 1.165) is 31.4 Å². The smallest absolute Gasteiger partial charge is 0.0625 e. The van der Waals surface area contributed by atoms with Crippen LogP contribution in [0.2, 0.25) is 0 Å². The third-order valence-electron chi connectivity index (χ3n) is 2.86. The van der Waals surface area contributed by atoms with Crippen LogP contribution in [0.4, 0.5) is 0 Å². The van der Waals surface area contributed by atoms with Crippen LogP contribution in [0, 0.1) is 0 Å². The van der Waals surface area contributed by atoms with E-state index in [0.29, 0.717) is 11.4 Å². The Morgan fingerprint density at radius 1 is 1.40 bits per heavy atom. The molecule has 0 aliphatic heterocycles. The Bertz CT molecular complexity index is 283. The molecule has 1 heterocycles. The zero-order valence-electron chi connectivity index (χ0n) is 9.91. The molecule has 15 heavy (non-hydrogen) atoms. The van der Waals surface area contributed by atoms with Crippen LogP contribution in [0.1, 0.15) is 51.8 Å². The van der Waals surface area contributed by atoms with Gasteiger partial charge in [0.05, 0.1) is 5.69 Å². The van der Waals surface area contributed by atoms with Gasteiger partial charge in [-0.3, -0.25) is 4.68 Å². The molecule has 2 nitrogen and oxygen atoms in total. The van der Waals surface area contributed by atoms with Crippen LogP contribution in [-0.2, 0) is 6.42 Å². The summed E-state index contributed by atoms with van der Waals surface area (Å²) in [7, 11) is 0. The fraction of sp³-hybridized carbons (Fsp3) is 0.750. The van der Waals surface area contributed by atoms with Crippen molar-refractivity contribution in [3.05, 3.63) is 18.0 Å². The Labute approximate surface area is 97.6 Å². The highest BCUT2D eigenvalue weighted by molar-refractivity contribution is 6.20. The van der Waals surface area contributed by atoms with Crippen molar-refractivity contribution in [3.63, 3.8) is 0 Å². The van der Waals surface area contributed by atoms with Crippen molar-refractivity contribution in [2.45, 2.75) is 57.9 Å². The molecule has 2 unspecified atom stereocenters. The largest absolute Gasteiger partial charge is 0.270 e. The summed E-state index contributed by atoms with van der Waals surface area (Å²) < 4.78 is 2.05. The first-order valence-electron chi connectivity index (χ1n) is 5.85. The van der Waals surface area contributed by atoms with Gasteiger partial charge in [-0.15, -0.1) is 11.6 Å². The van der Waals surface area contributed by atoms with E-state index in [1.807, 2.05) is 4.68 Å². The van der Waals surface area contributed by atoms with Crippen LogP contribution in [0.25, 0.3) is 0 Å². The van der Waals surface area contributed by atoms with Gasteiger partial charge in [-0.2, -0.15) is 5.10 Å². The zero-order chi connectivity index (χ0) is 11.3. The SMILES string of the molecule is CCC(Cl)CCc1ccn(C(C)CC)n1. The van der Waals surface area contributed by atoms with Crippen molar-refractivity contribution in [2.24, 2.45) is 0 Å².